The maximum atomic E-state index is 12.6. The van der Waals surface area contributed by atoms with Gasteiger partial charge in [0.05, 0.1) is 16.6 Å². The van der Waals surface area contributed by atoms with Gasteiger partial charge in [0.25, 0.3) is 0 Å². The number of thiazole rings is 1. The molecule has 1 N–H and O–H groups in total. The minimum atomic E-state index is -2.96. The number of halogens is 2. The maximum absolute atomic E-state index is 12.6. The zero-order valence-electron chi connectivity index (χ0n) is 12.9. The Morgan fingerprint density at radius 3 is 2.64 bits per heavy atom. The van der Waals surface area contributed by atoms with Crippen LogP contribution < -0.4 is 4.74 Å². The Balaban J connectivity index is 2.07. The molecule has 0 aliphatic rings. The van der Waals surface area contributed by atoms with Crippen LogP contribution in [0.1, 0.15) is 17.0 Å². The van der Waals surface area contributed by atoms with Crippen molar-refractivity contribution in [2.45, 2.75) is 13.0 Å². The van der Waals surface area contributed by atoms with Gasteiger partial charge in [-0.15, -0.1) is 11.3 Å². The van der Waals surface area contributed by atoms with Crippen LogP contribution in [0.15, 0.2) is 48.5 Å². The predicted octanol–water partition coefficient (Wildman–Crippen LogP) is 4.91. The minimum Gasteiger partial charge on any atom is -0.481 e. The second-order valence-corrected chi connectivity index (χ2v) is 6.17. The molecule has 1 heterocycles. The van der Waals surface area contributed by atoms with E-state index in [2.05, 4.69) is 9.72 Å². The van der Waals surface area contributed by atoms with Gasteiger partial charge in [-0.3, -0.25) is 4.79 Å². The number of fused-ring (bicyclic) bond motifs is 1. The first kappa shape index (κ1) is 17.0. The molecule has 128 valence electrons. The first-order chi connectivity index (χ1) is 12.0. The number of para-hydroxylation sites is 2. The predicted molar refractivity (Wildman–Crippen MR) is 92.8 cm³/mol. The molecule has 0 bridgehead atoms. The number of benzene rings is 2. The first-order valence-corrected chi connectivity index (χ1v) is 8.17. The van der Waals surface area contributed by atoms with Crippen LogP contribution in [0.2, 0.25) is 0 Å². The van der Waals surface area contributed by atoms with Gasteiger partial charge in [0.1, 0.15) is 10.8 Å². The highest BCUT2D eigenvalue weighted by Gasteiger charge is 2.14. The normalized spacial score (nSPS) is 11.9. The zero-order valence-corrected chi connectivity index (χ0v) is 13.7. The smallest absolute Gasteiger partial charge is 0.387 e. The van der Waals surface area contributed by atoms with E-state index in [-0.39, 0.29) is 12.2 Å². The summed E-state index contributed by atoms with van der Waals surface area (Å²) in [5.74, 6) is -1.04. The Morgan fingerprint density at radius 2 is 1.92 bits per heavy atom. The fourth-order valence-corrected chi connectivity index (χ4v) is 3.33. The minimum absolute atomic E-state index is 0.0125. The van der Waals surface area contributed by atoms with Gasteiger partial charge in [-0.2, -0.15) is 8.78 Å². The quantitative estimate of drug-likeness (QED) is 0.677. The summed E-state index contributed by atoms with van der Waals surface area (Å²) in [6.45, 7) is -2.96. The Labute approximate surface area is 146 Å². The summed E-state index contributed by atoms with van der Waals surface area (Å²) >= 11 is 1.35. The summed E-state index contributed by atoms with van der Waals surface area (Å²) in [5.41, 5.74) is 1.56. The van der Waals surface area contributed by atoms with Crippen molar-refractivity contribution in [2.75, 3.05) is 0 Å². The van der Waals surface area contributed by atoms with E-state index in [1.54, 1.807) is 18.2 Å². The number of carboxylic acid groups (broad SMARTS) is 1. The third-order valence-electron chi connectivity index (χ3n) is 3.38. The van der Waals surface area contributed by atoms with E-state index in [4.69, 9.17) is 0 Å². The van der Waals surface area contributed by atoms with Crippen molar-refractivity contribution in [3.05, 3.63) is 59.1 Å². The number of alkyl halides is 2. The molecule has 0 spiro atoms. The molecule has 0 aliphatic heterocycles. The molecule has 0 saturated carbocycles. The number of ether oxygens (including phenoxy) is 1. The summed E-state index contributed by atoms with van der Waals surface area (Å²) in [7, 11) is 0. The highest BCUT2D eigenvalue weighted by atomic mass is 32.1. The van der Waals surface area contributed by atoms with Crippen molar-refractivity contribution in [1.29, 1.82) is 0 Å². The van der Waals surface area contributed by atoms with Gasteiger partial charge in [-0.1, -0.05) is 30.3 Å². The average Bonchev–Trinajstić information content (AvgIpc) is 2.99. The number of nitrogens with zero attached hydrogens (tertiary/aromatic N) is 1. The lowest BCUT2D eigenvalue weighted by molar-refractivity contribution is -0.135. The molecule has 2 aromatic carbocycles. The molecule has 0 saturated heterocycles. The summed E-state index contributed by atoms with van der Waals surface area (Å²) in [6.07, 6.45) is 1.26. The Kier molecular flexibility index (Phi) is 5.04. The molecule has 25 heavy (non-hydrogen) atoms. The zero-order chi connectivity index (χ0) is 17.8. The van der Waals surface area contributed by atoms with Crippen molar-refractivity contribution in [3.63, 3.8) is 0 Å². The number of aliphatic carboxylic acids is 1. The monoisotopic (exact) mass is 361 g/mol. The molecular formula is C18H13F2NO3S. The van der Waals surface area contributed by atoms with Crippen LogP contribution in [0.25, 0.3) is 21.9 Å². The molecular weight excluding hydrogens is 348 g/mol. The van der Waals surface area contributed by atoms with Crippen molar-refractivity contribution in [1.82, 2.24) is 4.98 Å². The van der Waals surface area contributed by atoms with Gasteiger partial charge in [0.2, 0.25) is 0 Å². The molecule has 0 aliphatic carbocycles. The lowest BCUT2D eigenvalue weighted by Gasteiger charge is -2.09. The second-order valence-electron chi connectivity index (χ2n) is 5.14. The van der Waals surface area contributed by atoms with Crippen LogP contribution >= 0.6 is 11.3 Å². The lowest BCUT2D eigenvalue weighted by atomic mass is 10.1. The van der Waals surface area contributed by atoms with E-state index >= 15 is 0 Å². The van der Waals surface area contributed by atoms with Gasteiger partial charge in [-0.05, 0) is 29.8 Å². The number of hydrogen-bond acceptors (Lipinski definition) is 4. The van der Waals surface area contributed by atoms with Gasteiger partial charge in [-0.25, -0.2) is 4.98 Å². The average molecular weight is 361 g/mol. The third-order valence-corrected chi connectivity index (χ3v) is 4.49. The van der Waals surface area contributed by atoms with E-state index < -0.39 is 12.6 Å². The molecule has 0 amide bonds. The van der Waals surface area contributed by atoms with Crippen LogP contribution in [-0.2, 0) is 4.79 Å². The van der Waals surface area contributed by atoms with Gasteiger partial charge >= 0.3 is 12.6 Å². The van der Waals surface area contributed by atoms with Crippen molar-refractivity contribution < 1.29 is 23.4 Å². The number of carboxylic acids is 1. The number of hydrogen-bond donors (Lipinski definition) is 1. The SMILES string of the molecule is O=C(O)C/C(=C\c1ccccc1OC(F)F)c1nc2ccccc2s1. The van der Waals surface area contributed by atoms with Gasteiger partial charge < -0.3 is 9.84 Å². The van der Waals surface area contributed by atoms with Crippen molar-refractivity contribution in [2.24, 2.45) is 0 Å². The fourth-order valence-electron chi connectivity index (χ4n) is 2.35. The standard InChI is InChI=1S/C18H13F2NO3S/c19-18(20)24-14-7-3-1-5-11(14)9-12(10-16(22)23)17-21-13-6-2-4-8-15(13)25-17/h1-9,18H,10H2,(H,22,23)/b12-9+. The van der Waals surface area contributed by atoms with Crippen LogP contribution in [-0.4, -0.2) is 22.7 Å². The highest BCUT2D eigenvalue weighted by Crippen LogP contribution is 2.32. The number of rotatable bonds is 6. The summed E-state index contributed by atoms with van der Waals surface area (Å²) < 4.78 is 30.6. The van der Waals surface area contributed by atoms with Gasteiger partial charge in [0.15, 0.2) is 0 Å². The molecule has 0 unspecified atom stereocenters. The molecule has 0 fully saturated rings. The van der Waals surface area contributed by atoms with E-state index in [1.807, 2.05) is 24.3 Å². The molecule has 0 atom stereocenters. The molecule has 3 aromatic rings. The van der Waals surface area contributed by atoms with Crippen LogP contribution in [0, 0.1) is 0 Å². The van der Waals surface area contributed by atoms with E-state index in [0.717, 1.165) is 10.2 Å². The molecule has 1 aromatic heterocycles. The summed E-state index contributed by atoms with van der Waals surface area (Å²) in [5, 5.41) is 9.74. The largest absolute Gasteiger partial charge is 0.481 e. The highest BCUT2D eigenvalue weighted by molar-refractivity contribution is 7.19. The van der Waals surface area contributed by atoms with Crippen molar-refractivity contribution in [3.8, 4) is 5.75 Å². The Bertz CT molecular complexity index is 904. The number of aromatic nitrogens is 1. The van der Waals surface area contributed by atoms with Crippen LogP contribution in [0.3, 0.4) is 0 Å². The third kappa shape index (κ3) is 4.19. The lowest BCUT2D eigenvalue weighted by Crippen LogP contribution is -2.03. The molecule has 7 heteroatoms. The van der Waals surface area contributed by atoms with Gasteiger partial charge in [0, 0.05) is 5.56 Å². The molecule has 4 nitrogen and oxygen atoms in total. The second kappa shape index (κ2) is 7.40. The topological polar surface area (TPSA) is 59.4 Å². The Morgan fingerprint density at radius 1 is 1.20 bits per heavy atom. The fraction of sp³-hybridized carbons (Fsp3) is 0.111. The summed E-state index contributed by atoms with van der Waals surface area (Å²) in [6, 6.07) is 13.7. The van der Waals surface area contributed by atoms with Crippen LogP contribution in [0.5, 0.6) is 5.75 Å². The number of carbonyl (C=O) groups is 1. The molecule has 0 radical (unpaired) electrons. The van der Waals surface area contributed by atoms with E-state index in [9.17, 15) is 18.7 Å². The molecule has 3 rings (SSSR count). The first-order valence-electron chi connectivity index (χ1n) is 7.35. The maximum Gasteiger partial charge on any atom is 0.387 e. The summed E-state index contributed by atoms with van der Waals surface area (Å²) in [4.78, 5) is 15.7. The van der Waals surface area contributed by atoms with Crippen molar-refractivity contribution >= 4 is 39.2 Å². The van der Waals surface area contributed by atoms with E-state index in [0.29, 0.717) is 16.1 Å². The van der Waals surface area contributed by atoms with Crippen LogP contribution in [0.4, 0.5) is 8.78 Å². The van der Waals surface area contributed by atoms with E-state index in [1.165, 1.54) is 23.5 Å². The Hall–Kier alpha value is -2.80.